The number of amides is 1. The largest absolute Gasteiger partial charge is 0.392 e. The fourth-order valence-corrected chi connectivity index (χ4v) is 3.95. The molecule has 2 heterocycles. The number of carbonyl (C=O) groups excluding carboxylic acids is 1. The molecule has 0 saturated carbocycles. The Morgan fingerprint density at radius 3 is 2.48 bits per heavy atom. The Balaban J connectivity index is 0.00000312. The summed E-state index contributed by atoms with van der Waals surface area (Å²) in [6.07, 6.45) is 1.93. The van der Waals surface area contributed by atoms with Crippen molar-refractivity contribution in [1.82, 2.24) is 14.3 Å². The highest BCUT2D eigenvalue weighted by atomic mass is 35.5. The van der Waals surface area contributed by atoms with E-state index in [-0.39, 0.29) is 30.3 Å². The number of carbonyl (C=O) groups is 1. The van der Waals surface area contributed by atoms with Crippen LogP contribution in [-0.2, 0) is 0 Å². The molecule has 0 fully saturated rings. The number of aryl methyl sites for hydroxylation is 2. The molecule has 0 aromatic carbocycles. The monoisotopic (exact) mass is 385 g/mol. The fourth-order valence-electron chi connectivity index (χ4n) is 2.78. The number of thiazole rings is 1. The molecule has 25 heavy (non-hydrogen) atoms. The molecule has 2 aromatic rings. The maximum Gasteiger partial charge on any atom is 0.265 e. The lowest BCUT2D eigenvalue weighted by molar-refractivity contribution is 0.0749. The van der Waals surface area contributed by atoms with Gasteiger partial charge < -0.3 is 10.0 Å². The topological polar surface area (TPSA) is 57.8 Å². The lowest BCUT2D eigenvalue weighted by Gasteiger charge is -2.26. The van der Waals surface area contributed by atoms with E-state index >= 15 is 0 Å². The molecule has 0 unspecified atom stereocenters. The molecule has 0 atom stereocenters. The van der Waals surface area contributed by atoms with Crippen LogP contribution in [0.25, 0.3) is 11.0 Å². The normalized spacial score (nSPS) is 12.4. The Hall–Kier alpha value is -1.37. The third kappa shape index (κ3) is 4.63. The highest BCUT2D eigenvalue weighted by Crippen LogP contribution is 2.28. The van der Waals surface area contributed by atoms with Crippen molar-refractivity contribution in [2.75, 3.05) is 20.2 Å². The Labute approximate surface area is 159 Å². The first-order chi connectivity index (χ1) is 11.0. The second-order valence-corrected chi connectivity index (χ2v) is 8.57. The number of aromatic nitrogens is 2. The van der Waals surface area contributed by atoms with E-state index in [2.05, 4.69) is 25.8 Å². The Morgan fingerprint density at radius 1 is 1.36 bits per heavy atom. The van der Waals surface area contributed by atoms with E-state index in [0.29, 0.717) is 6.54 Å². The summed E-state index contributed by atoms with van der Waals surface area (Å²) in [5.41, 5.74) is 3.65. The van der Waals surface area contributed by atoms with Gasteiger partial charge in [0, 0.05) is 19.3 Å². The van der Waals surface area contributed by atoms with Crippen LogP contribution < -0.4 is 0 Å². The number of fused-ring (bicyclic) bond motifs is 1. The van der Waals surface area contributed by atoms with Crippen LogP contribution in [0.15, 0.2) is 5.57 Å². The average Bonchev–Trinajstić information content (AvgIpc) is 2.93. The molecule has 0 spiro atoms. The van der Waals surface area contributed by atoms with Gasteiger partial charge in [-0.1, -0.05) is 32.1 Å². The van der Waals surface area contributed by atoms with Gasteiger partial charge in [0.25, 0.3) is 5.91 Å². The quantitative estimate of drug-likeness (QED) is 0.866. The number of aliphatic hydroxyl groups is 1. The molecule has 7 heteroatoms. The van der Waals surface area contributed by atoms with E-state index in [1.807, 2.05) is 38.3 Å². The van der Waals surface area contributed by atoms with E-state index < -0.39 is 0 Å². The highest BCUT2D eigenvalue weighted by Gasteiger charge is 2.24. The number of nitrogens with zero attached hydrogens (tertiary/aromatic N) is 3. The summed E-state index contributed by atoms with van der Waals surface area (Å²) in [6.45, 7) is 12.8. The summed E-state index contributed by atoms with van der Waals surface area (Å²) >= 11 is 1.42. The molecular formula is C18H28ClN3O2S. The number of aliphatic hydroxyl groups excluding tert-OH is 1. The lowest BCUT2D eigenvalue weighted by Crippen LogP contribution is -2.34. The molecule has 1 N–H and O–H groups in total. The summed E-state index contributed by atoms with van der Waals surface area (Å²) in [5.74, 6) is 0.0318. The van der Waals surface area contributed by atoms with Gasteiger partial charge in [-0.3, -0.25) is 9.20 Å². The maximum absolute atomic E-state index is 12.8. The van der Waals surface area contributed by atoms with Crippen LogP contribution in [0, 0.1) is 19.3 Å². The minimum absolute atomic E-state index is 0. The van der Waals surface area contributed by atoms with Crippen molar-refractivity contribution in [2.45, 2.75) is 41.5 Å². The van der Waals surface area contributed by atoms with Crippen molar-refractivity contribution >= 4 is 40.7 Å². The zero-order valence-electron chi connectivity index (χ0n) is 16.0. The number of imidazole rings is 1. The second-order valence-electron chi connectivity index (χ2n) is 7.59. The molecule has 2 rings (SSSR count). The van der Waals surface area contributed by atoms with Crippen molar-refractivity contribution in [3.8, 4) is 0 Å². The van der Waals surface area contributed by atoms with Crippen molar-refractivity contribution in [1.29, 1.82) is 0 Å². The third-order valence-electron chi connectivity index (χ3n) is 3.81. The number of rotatable bonds is 4. The van der Waals surface area contributed by atoms with Crippen molar-refractivity contribution in [3.63, 3.8) is 0 Å². The molecule has 5 nitrogen and oxygen atoms in total. The number of hydrogen-bond donors (Lipinski definition) is 1. The summed E-state index contributed by atoms with van der Waals surface area (Å²) in [5, 5.41) is 9.28. The molecule has 0 aliphatic rings. The van der Waals surface area contributed by atoms with E-state index in [1.165, 1.54) is 11.3 Å². The van der Waals surface area contributed by atoms with E-state index in [4.69, 9.17) is 0 Å². The zero-order valence-corrected chi connectivity index (χ0v) is 17.6. The minimum Gasteiger partial charge on any atom is -0.392 e. The average molecular weight is 386 g/mol. The molecular weight excluding hydrogens is 358 g/mol. The van der Waals surface area contributed by atoms with Gasteiger partial charge in [0.05, 0.1) is 18.0 Å². The Morgan fingerprint density at radius 2 is 1.96 bits per heavy atom. The van der Waals surface area contributed by atoms with Gasteiger partial charge >= 0.3 is 0 Å². The molecule has 140 valence electrons. The first-order valence-electron chi connectivity index (χ1n) is 8.07. The predicted octanol–water partition coefficient (Wildman–Crippen LogP) is 3.95. The van der Waals surface area contributed by atoms with Crippen molar-refractivity contribution in [2.24, 2.45) is 5.41 Å². The van der Waals surface area contributed by atoms with Crippen LogP contribution >= 0.6 is 23.7 Å². The van der Waals surface area contributed by atoms with E-state index in [1.54, 1.807) is 4.90 Å². The number of halogens is 1. The first kappa shape index (κ1) is 21.7. The fraction of sp³-hybridized carbons (Fsp3) is 0.556. The molecule has 0 aliphatic heterocycles. The number of hydrogen-bond acceptors (Lipinski definition) is 4. The molecule has 0 aliphatic carbocycles. The van der Waals surface area contributed by atoms with Gasteiger partial charge in [-0.25, -0.2) is 4.98 Å². The van der Waals surface area contributed by atoms with Gasteiger partial charge in [-0.2, -0.15) is 0 Å². The molecule has 1 amide bonds. The molecule has 0 radical (unpaired) electrons. The molecule has 2 aromatic heterocycles. The summed E-state index contributed by atoms with van der Waals surface area (Å²) in [7, 11) is 1.84. The molecule has 0 saturated heterocycles. The summed E-state index contributed by atoms with van der Waals surface area (Å²) in [6, 6.07) is 0. The maximum atomic E-state index is 12.8. The minimum atomic E-state index is 0. The predicted molar refractivity (Wildman–Crippen MR) is 107 cm³/mol. The Bertz CT molecular complexity index is 799. The highest BCUT2D eigenvalue weighted by molar-refractivity contribution is 7.19. The van der Waals surface area contributed by atoms with Gasteiger partial charge in [-0.15, -0.1) is 12.4 Å². The first-order valence-corrected chi connectivity index (χ1v) is 8.88. The van der Waals surface area contributed by atoms with Crippen LogP contribution in [0.3, 0.4) is 0 Å². The third-order valence-corrected chi connectivity index (χ3v) is 4.94. The smallest absolute Gasteiger partial charge is 0.265 e. The van der Waals surface area contributed by atoms with Crippen LogP contribution in [0.1, 0.15) is 54.4 Å². The van der Waals surface area contributed by atoms with Gasteiger partial charge in [0.15, 0.2) is 4.96 Å². The van der Waals surface area contributed by atoms with Crippen molar-refractivity contribution in [3.05, 3.63) is 27.5 Å². The van der Waals surface area contributed by atoms with Gasteiger partial charge in [0.1, 0.15) is 4.88 Å². The second kappa shape index (κ2) is 7.89. The van der Waals surface area contributed by atoms with Crippen LogP contribution in [0.5, 0.6) is 0 Å². The Kier molecular flexibility index (Phi) is 6.84. The zero-order chi connectivity index (χ0) is 18.2. The van der Waals surface area contributed by atoms with Gasteiger partial charge in [0.2, 0.25) is 0 Å². The molecule has 0 bridgehead atoms. The SMILES string of the molecule is C/C(=C\c1c(C)nc2sc(C(=O)N(C)CC(C)(C)C)c(C)n12)CO.Cl. The van der Waals surface area contributed by atoms with Crippen molar-refractivity contribution < 1.29 is 9.90 Å². The van der Waals surface area contributed by atoms with Crippen LogP contribution in [0.4, 0.5) is 0 Å². The summed E-state index contributed by atoms with van der Waals surface area (Å²) < 4.78 is 2.01. The van der Waals surface area contributed by atoms with Gasteiger partial charge in [-0.05, 0) is 37.8 Å². The lowest BCUT2D eigenvalue weighted by atomic mass is 9.96. The summed E-state index contributed by atoms with van der Waals surface area (Å²) in [4.78, 5) is 20.7. The van der Waals surface area contributed by atoms with Crippen LogP contribution in [-0.4, -0.2) is 45.5 Å². The standard InChI is InChI=1S/C18H27N3O2S.ClH/c1-11(9-22)8-14-12(2)19-17-21(14)13(3)15(24-17)16(23)20(7)10-18(4,5)6;/h8,22H,9-10H2,1-7H3;1H/b11-8+;. The van der Waals surface area contributed by atoms with E-state index in [9.17, 15) is 9.90 Å². The van der Waals surface area contributed by atoms with E-state index in [0.717, 1.165) is 32.5 Å². The van der Waals surface area contributed by atoms with Crippen LogP contribution in [0.2, 0.25) is 0 Å².